The first kappa shape index (κ1) is 14.5. The van der Waals surface area contributed by atoms with Crippen molar-refractivity contribution < 1.29 is 9.84 Å². The minimum atomic E-state index is 0.271. The van der Waals surface area contributed by atoms with E-state index < -0.39 is 0 Å². The predicted octanol–water partition coefficient (Wildman–Crippen LogP) is 3.17. The molecule has 1 fully saturated rings. The van der Waals surface area contributed by atoms with Crippen LogP contribution in [0, 0.1) is 0 Å². The van der Waals surface area contributed by atoms with Gasteiger partial charge in [0.1, 0.15) is 0 Å². The fourth-order valence-electron chi connectivity index (χ4n) is 2.32. The van der Waals surface area contributed by atoms with Crippen LogP contribution in [0.2, 0.25) is 0 Å². The largest absolute Gasteiger partial charge is 0.504 e. The average Bonchev–Trinajstić information content (AvgIpc) is 2.44. The van der Waals surface area contributed by atoms with Crippen molar-refractivity contribution in [3.05, 3.63) is 23.8 Å². The van der Waals surface area contributed by atoms with Crippen LogP contribution >= 0.6 is 11.8 Å². The molecule has 1 atom stereocenters. The number of ether oxygens (including phenoxy) is 1. The Morgan fingerprint density at radius 1 is 1.42 bits per heavy atom. The lowest BCUT2D eigenvalue weighted by Crippen LogP contribution is -2.26. The zero-order valence-electron chi connectivity index (χ0n) is 11.5. The summed E-state index contributed by atoms with van der Waals surface area (Å²) in [5, 5.41) is 14.3. The number of hydrogen-bond acceptors (Lipinski definition) is 4. The lowest BCUT2D eigenvalue weighted by Gasteiger charge is -2.21. The number of nitrogens with one attached hydrogen (secondary N) is 1. The molecule has 0 amide bonds. The fourth-order valence-corrected chi connectivity index (χ4v) is 3.59. The van der Waals surface area contributed by atoms with Gasteiger partial charge < -0.3 is 15.2 Å². The van der Waals surface area contributed by atoms with E-state index in [9.17, 15) is 5.11 Å². The molecule has 2 rings (SSSR count). The normalized spacial score (nSPS) is 19.3. The number of aromatic hydroxyl groups is 1. The molecule has 1 heterocycles. The number of benzene rings is 1. The molecule has 19 heavy (non-hydrogen) atoms. The van der Waals surface area contributed by atoms with Crippen molar-refractivity contribution in [2.45, 2.75) is 38.0 Å². The topological polar surface area (TPSA) is 41.5 Å². The highest BCUT2D eigenvalue weighted by atomic mass is 32.2. The van der Waals surface area contributed by atoms with Crippen molar-refractivity contribution in [2.24, 2.45) is 0 Å². The lowest BCUT2D eigenvalue weighted by molar-refractivity contribution is 0.316. The molecule has 1 aromatic carbocycles. The Labute approximate surface area is 119 Å². The van der Waals surface area contributed by atoms with Crippen molar-refractivity contribution in [1.29, 1.82) is 0 Å². The van der Waals surface area contributed by atoms with Gasteiger partial charge in [0.15, 0.2) is 11.5 Å². The van der Waals surface area contributed by atoms with Crippen LogP contribution in [0.4, 0.5) is 0 Å². The van der Waals surface area contributed by atoms with E-state index in [1.54, 1.807) is 6.07 Å². The van der Waals surface area contributed by atoms with Gasteiger partial charge >= 0.3 is 0 Å². The van der Waals surface area contributed by atoms with Gasteiger partial charge in [-0.15, -0.1) is 0 Å². The van der Waals surface area contributed by atoms with Crippen LogP contribution < -0.4 is 10.1 Å². The van der Waals surface area contributed by atoms with Gasteiger partial charge in [-0.2, -0.15) is 11.8 Å². The minimum absolute atomic E-state index is 0.271. The van der Waals surface area contributed by atoms with Crippen LogP contribution in [0.25, 0.3) is 0 Å². The maximum Gasteiger partial charge on any atom is 0.162 e. The van der Waals surface area contributed by atoms with Crippen LogP contribution in [0.1, 0.15) is 31.7 Å². The van der Waals surface area contributed by atoms with E-state index >= 15 is 0 Å². The Morgan fingerprint density at radius 2 is 2.32 bits per heavy atom. The Morgan fingerprint density at radius 3 is 3.05 bits per heavy atom. The van der Waals surface area contributed by atoms with Crippen molar-refractivity contribution in [3.8, 4) is 11.5 Å². The second kappa shape index (κ2) is 7.65. The number of phenolic OH excluding ortho intramolecular Hbond substituents is 1. The number of para-hydroxylation sites is 1. The molecule has 0 spiro atoms. The van der Waals surface area contributed by atoms with E-state index in [-0.39, 0.29) is 5.75 Å². The summed E-state index contributed by atoms with van der Waals surface area (Å²) in [6.07, 6.45) is 4.02. The van der Waals surface area contributed by atoms with Gasteiger partial charge in [-0.05, 0) is 31.6 Å². The average molecular weight is 281 g/mol. The zero-order valence-corrected chi connectivity index (χ0v) is 12.3. The summed E-state index contributed by atoms with van der Waals surface area (Å²) in [5.41, 5.74) is 0.909. The molecule has 1 aromatic rings. The van der Waals surface area contributed by atoms with Gasteiger partial charge in [-0.3, -0.25) is 0 Å². The van der Waals surface area contributed by atoms with Crippen molar-refractivity contribution in [3.63, 3.8) is 0 Å². The summed E-state index contributed by atoms with van der Waals surface area (Å²) in [5.74, 6) is 2.14. The van der Waals surface area contributed by atoms with Gasteiger partial charge in [0, 0.05) is 23.9 Å². The highest BCUT2D eigenvalue weighted by molar-refractivity contribution is 7.99. The van der Waals surface area contributed by atoms with E-state index in [0.717, 1.165) is 17.4 Å². The Balaban J connectivity index is 1.83. The van der Waals surface area contributed by atoms with Crippen LogP contribution in [0.3, 0.4) is 0 Å². The highest BCUT2D eigenvalue weighted by Crippen LogP contribution is 2.30. The lowest BCUT2D eigenvalue weighted by atomic mass is 10.1. The fraction of sp³-hybridized carbons (Fsp3) is 0.600. The van der Waals surface area contributed by atoms with Gasteiger partial charge in [-0.25, -0.2) is 0 Å². The zero-order chi connectivity index (χ0) is 13.5. The molecule has 4 heteroatoms. The summed E-state index contributed by atoms with van der Waals surface area (Å²) in [7, 11) is 0. The standard InChI is InChI=1S/C15H23NO2S/c1-2-18-14-8-5-6-12(15(14)17)10-16-11-13-7-3-4-9-19-13/h5-6,8,13,16-17H,2-4,7,9-11H2,1H3. The quantitative estimate of drug-likeness (QED) is 0.840. The van der Waals surface area contributed by atoms with Crippen LogP contribution in [-0.4, -0.2) is 29.3 Å². The van der Waals surface area contributed by atoms with Crippen LogP contribution in [-0.2, 0) is 6.54 Å². The van der Waals surface area contributed by atoms with E-state index in [1.165, 1.54) is 25.0 Å². The van der Waals surface area contributed by atoms with E-state index in [4.69, 9.17) is 4.74 Å². The summed E-state index contributed by atoms with van der Waals surface area (Å²) in [6.45, 7) is 4.21. The third-order valence-corrected chi connectivity index (χ3v) is 4.74. The third kappa shape index (κ3) is 4.32. The second-order valence-corrected chi connectivity index (χ2v) is 6.22. The maximum absolute atomic E-state index is 10.1. The van der Waals surface area contributed by atoms with Gasteiger partial charge in [-0.1, -0.05) is 18.6 Å². The van der Waals surface area contributed by atoms with Gasteiger partial charge in [0.2, 0.25) is 0 Å². The summed E-state index contributed by atoms with van der Waals surface area (Å²) in [6, 6.07) is 5.68. The van der Waals surface area contributed by atoms with Crippen molar-refractivity contribution in [2.75, 3.05) is 18.9 Å². The molecule has 0 bridgehead atoms. The Bertz CT molecular complexity index is 392. The smallest absolute Gasteiger partial charge is 0.162 e. The van der Waals surface area contributed by atoms with E-state index in [2.05, 4.69) is 17.1 Å². The first-order valence-electron chi connectivity index (χ1n) is 7.07. The van der Waals surface area contributed by atoms with Gasteiger partial charge in [0.05, 0.1) is 6.61 Å². The van der Waals surface area contributed by atoms with Gasteiger partial charge in [0.25, 0.3) is 0 Å². The number of hydrogen-bond donors (Lipinski definition) is 2. The molecule has 106 valence electrons. The molecule has 1 unspecified atom stereocenters. The third-order valence-electron chi connectivity index (χ3n) is 3.34. The molecule has 3 nitrogen and oxygen atoms in total. The summed E-state index contributed by atoms with van der Waals surface area (Å²) in [4.78, 5) is 0. The summed E-state index contributed by atoms with van der Waals surface area (Å²) >= 11 is 2.06. The predicted molar refractivity (Wildman–Crippen MR) is 81.1 cm³/mol. The number of thioether (sulfide) groups is 1. The van der Waals surface area contributed by atoms with Crippen LogP contribution in [0.5, 0.6) is 11.5 Å². The molecule has 0 radical (unpaired) electrons. The molecule has 2 N–H and O–H groups in total. The maximum atomic E-state index is 10.1. The van der Waals surface area contributed by atoms with Crippen molar-refractivity contribution in [1.82, 2.24) is 5.32 Å². The van der Waals surface area contributed by atoms with Crippen molar-refractivity contribution >= 4 is 11.8 Å². The Hall–Kier alpha value is -0.870. The SMILES string of the molecule is CCOc1cccc(CNCC2CCCCS2)c1O. The molecule has 0 aromatic heterocycles. The van der Waals surface area contributed by atoms with E-state index in [0.29, 0.717) is 18.9 Å². The number of rotatable bonds is 6. The molecule has 0 aliphatic carbocycles. The molecule has 1 saturated heterocycles. The minimum Gasteiger partial charge on any atom is -0.504 e. The second-order valence-electron chi connectivity index (χ2n) is 4.82. The summed E-state index contributed by atoms with van der Waals surface area (Å²) < 4.78 is 5.39. The monoisotopic (exact) mass is 281 g/mol. The molecule has 1 aliphatic heterocycles. The highest BCUT2D eigenvalue weighted by Gasteiger charge is 2.14. The molecular formula is C15H23NO2S. The molecular weight excluding hydrogens is 258 g/mol. The Kier molecular flexibility index (Phi) is 5.86. The van der Waals surface area contributed by atoms with E-state index in [1.807, 2.05) is 19.1 Å². The molecule has 1 aliphatic rings. The number of phenols is 1. The van der Waals surface area contributed by atoms with Crippen LogP contribution in [0.15, 0.2) is 18.2 Å². The first-order valence-corrected chi connectivity index (χ1v) is 8.12. The molecule has 0 saturated carbocycles. The first-order chi connectivity index (χ1) is 9.31.